The van der Waals surface area contributed by atoms with Crippen LogP contribution in [0.1, 0.15) is 34.4 Å². The summed E-state index contributed by atoms with van der Waals surface area (Å²) >= 11 is 1.24. The Hall–Kier alpha value is -0.900. The molecule has 0 aliphatic heterocycles. The van der Waals surface area contributed by atoms with Crippen molar-refractivity contribution < 1.29 is 9.90 Å². The summed E-state index contributed by atoms with van der Waals surface area (Å²) in [6.07, 6.45) is 1.62. The smallest absolute Gasteiger partial charge is 0.365 e. The number of thiazole rings is 1. The quantitative estimate of drug-likeness (QED) is 0.740. The highest BCUT2D eigenvalue weighted by Crippen LogP contribution is 2.21. The van der Waals surface area contributed by atoms with Gasteiger partial charge >= 0.3 is 5.97 Å². The Morgan fingerprint density at radius 2 is 2.36 bits per heavy atom. The van der Waals surface area contributed by atoms with Crippen LogP contribution >= 0.6 is 11.3 Å². The molecule has 0 bridgehead atoms. The van der Waals surface area contributed by atoms with Crippen molar-refractivity contribution in [1.29, 1.82) is 0 Å². The van der Waals surface area contributed by atoms with E-state index in [2.05, 4.69) is 4.98 Å². The van der Waals surface area contributed by atoms with Gasteiger partial charge in [-0.2, -0.15) is 0 Å². The van der Waals surface area contributed by atoms with Gasteiger partial charge in [-0.25, -0.2) is 9.78 Å². The Morgan fingerprint density at radius 1 is 1.73 bits per heavy atom. The van der Waals surface area contributed by atoms with Crippen LogP contribution in [0, 0.1) is 0 Å². The average molecular weight is 171 g/mol. The van der Waals surface area contributed by atoms with Crippen molar-refractivity contribution in [2.45, 2.75) is 19.8 Å². The van der Waals surface area contributed by atoms with E-state index in [4.69, 9.17) is 5.11 Å². The van der Waals surface area contributed by atoms with E-state index >= 15 is 0 Å². The highest BCUT2D eigenvalue weighted by molar-refractivity contribution is 7.13. The summed E-state index contributed by atoms with van der Waals surface area (Å²) in [5.41, 5.74) is 0. The normalized spacial score (nSPS) is 10.5. The zero-order valence-electron chi connectivity index (χ0n) is 6.37. The lowest BCUT2D eigenvalue weighted by atomic mass is 10.2. The Labute approximate surface area is 68.7 Å². The van der Waals surface area contributed by atoms with Gasteiger partial charge in [-0.15, -0.1) is 11.3 Å². The van der Waals surface area contributed by atoms with Crippen LogP contribution in [0.3, 0.4) is 0 Å². The van der Waals surface area contributed by atoms with Crippen LogP contribution < -0.4 is 0 Å². The van der Waals surface area contributed by atoms with Crippen molar-refractivity contribution in [2.75, 3.05) is 0 Å². The van der Waals surface area contributed by atoms with E-state index in [9.17, 15) is 4.79 Å². The molecule has 0 aliphatic carbocycles. The summed E-state index contributed by atoms with van der Waals surface area (Å²) in [6, 6.07) is 0. The molecule has 0 spiro atoms. The SMILES string of the molecule is CC(C)c1cnc(C(=O)O)s1. The number of aromatic nitrogens is 1. The summed E-state index contributed by atoms with van der Waals surface area (Å²) in [7, 11) is 0. The van der Waals surface area contributed by atoms with E-state index in [0.29, 0.717) is 5.92 Å². The summed E-state index contributed by atoms with van der Waals surface area (Å²) in [5.74, 6) is -0.581. The zero-order chi connectivity index (χ0) is 8.43. The predicted molar refractivity (Wildman–Crippen MR) is 43.2 cm³/mol. The lowest BCUT2D eigenvalue weighted by molar-refractivity contribution is 0.0696. The molecule has 0 fully saturated rings. The molecule has 4 heteroatoms. The minimum atomic E-state index is -0.943. The molecule has 11 heavy (non-hydrogen) atoms. The van der Waals surface area contributed by atoms with Crippen molar-refractivity contribution in [2.24, 2.45) is 0 Å². The lowest BCUT2D eigenvalue weighted by Crippen LogP contribution is -1.92. The Bertz CT molecular complexity index is 267. The van der Waals surface area contributed by atoms with Gasteiger partial charge in [-0.05, 0) is 5.92 Å². The number of rotatable bonds is 2. The summed E-state index contributed by atoms with van der Waals surface area (Å²) in [6.45, 7) is 4.03. The number of aromatic carboxylic acids is 1. The topological polar surface area (TPSA) is 50.2 Å². The van der Waals surface area contributed by atoms with Gasteiger partial charge in [0.25, 0.3) is 0 Å². The summed E-state index contributed by atoms with van der Waals surface area (Å²) in [4.78, 5) is 15.2. The van der Waals surface area contributed by atoms with E-state index in [-0.39, 0.29) is 5.01 Å². The number of hydrogen-bond donors (Lipinski definition) is 1. The maximum Gasteiger partial charge on any atom is 0.365 e. The molecule has 0 saturated carbocycles. The van der Waals surface area contributed by atoms with Gasteiger partial charge < -0.3 is 5.11 Å². The second-order valence-corrected chi connectivity index (χ2v) is 3.59. The summed E-state index contributed by atoms with van der Waals surface area (Å²) in [5, 5.41) is 8.70. The van der Waals surface area contributed by atoms with Gasteiger partial charge in [0, 0.05) is 11.1 Å². The Balaban J connectivity index is 2.90. The van der Waals surface area contributed by atoms with Crippen molar-refractivity contribution in [1.82, 2.24) is 4.98 Å². The molecule has 1 aromatic heterocycles. The third kappa shape index (κ3) is 1.77. The van der Waals surface area contributed by atoms with E-state index in [1.54, 1.807) is 6.20 Å². The Morgan fingerprint density at radius 3 is 2.64 bits per heavy atom. The first-order chi connectivity index (χ1) is 5.11. The molecular weight excluding hydrogens is 162 g/mol. The fraction of sp³-hybridized carbons (Fsp3) is 0.429. The first-order valence-corrected chi connectivity index (χ1v) is 4.12. The molecule has 1 aromatic rings. The summed E-state index contributed by atoms with van der Waals surface area (Å²) < 4.78 is 0. The molecule has 0 radical (unpaired) electrons. The molecule has 0 aromatic carbocycles. The second-order valence-electron chi connectivity index (χ2n) is 2.53. The number of nitrogens with zero attached hydrogens (tertiary/aromatic N) is 1. The minimum absolute atomic E-state index is 0.175. The molecule has 0 unspecified atom stereocenters. The molecule has 1 rings (SSSR count). The van der Waals surface area contributed by atoms with Crippen molar-refractivity contribution in [3.05, 3.63) is 16.1 Å². The van der Waals surface area contributed by atoms with Crippen LogP contribution in [-0.2, 0) is 0 Å². The average Bonchev–Trinajstić information content (AvgIpc) is 2.33. The lowest BCUT2D eigenvalue weighted by Gasteiger charge is -1.94. The fourth-order valence-corrected chi connectivity index (χ4v) is 1.41. The largest absolute Gasteiger partial charge is 0.476 e. The van der Waals surface area contributed by atoms with Gasteiger partial charge in [-0.3, -0.25) is 0 Å². The van der Waals surface area contributed by atoms with E-state index < -0.39 is 5.97 Å². The molecular formula is C7H9NO2S. The van der Waals surface area contributed by atoms with Crippen molar-refractivity contribution in [3.63, 3.8) is 0 Å². The highest BCUT2D eigenvalue weighted by Gasteiger charge is 2.10. The van der Waals surface area contributed by atoms with Crippen LogP contribution in [0.2, 0.25) is 0 Å². The Kier molecular flexibility index (Phi) is 2.24. The maximum atomic E-state index is 10.4. The number of carboxylic acid groups (broad SMARTS) is 1. The van der Waals surface area contributed by atoms with Gasteiger partial charge in [0.15, 0.2) is 0 Å². The van der Waals surface area contributed by atoms with Crippen LogP contribution in [-0.4, -0.2) is 16.1 Å². The van der Waals surface area contributed by atoms with E-state index in [1.165, 1.54) is 11.3 Å². The molecule has 3 nitrogen and oxygen atoms in total. The van der Waals surface area contributed by atoms with Crippen LogP contribution in [0.4, 0.5) is 0 Å². The third-order valence-corrected chi connectivity index (χ3v) is 2.56. The van der Waals surface area contributed by atoms with Crippen LogP contribution in [0.5, 0.6) is 0 Å². The van der Waals surface area contributed by atoms with Gasteiger partial charge in [-0.1, -0.05) is 13.8 Å². The van der Waals surface area contributed by atoms with Gasteiger partial charge in [0.1, 0.15) is 0 Å². The van der Waals surface area contributed by atoms with E-state index in [0.717, 1.165) is 4.88 Å². The molecule has 60 valence electrons. The van der Waals surface area contributed by atoms with Gasteiger partial charge in [0.2, 0.25) is 5.01 Å². The number of carbonyl (C=O) groups is 1. The molecule has 0 atom stereocenters. The minimum Gasteiger partial charge on any atom is -0.476 e. The fourth-order valence-electron chi connectivity index (χ4n) is 0.652. The molecule has 1 heterocycles. The van der Waals surface area contributed by atoms with Crippen molar-refractivity contribution in [3.8, 4) is 0 Å². The third-order valence-electron chi connectivity index (χ3n) is 1.28. The molecule has 1 N–H and O–H groups in total. The molecule has 0 aliphatic rings. The zero-order valence-corrected chi connectivity index (χ0v) is 7.18. The predicted octanol–water partition coefficient (Wildman–Crippen LogP) is 1.96. The second kappa shape index (κ2) is 3.00. The molecule has 0 amide bonds. The standard InChI is InChI=1S/C7H9NO2S/c1-4(2)5-3-8-6(11-5)7(9)10/h3-4H,1-2H3,(H,9,10). The maximum absolute atomic E-state index is 10.4. The van der Waals surface area contributed by atoms with Crippen LogP contribution in [0.25, 0.3) is 0 Å². The highest BCUT2D eigenvalue weighted by atomic mass is 32.1. The first kappa shape index (κ1) is 8.20. The van der Waals surface area contributed by atoms with Crippen molar-refractivity contribution >= 4 is 17.3 Å². The number of hydrogen-bond acceptors (Lipinski definition) is 3. The van der Waals surface area contributed by atoms with E-state index in [1.807, 2.05) is 13.8 Å². The van der Waals surface area contributed by atoms with Gasteiger partial charge in [0.05, 0.1) is 0 Å². The monoisotopic (exact) mass is 171 g/mol. The number of carboxylic acids is 1. The first-order valence-electron chi connectivity index (χ1n) is 3.30. The molecule has 0 saturated heterocycles. The van der Waals surface area contributed by atoms with Crippen LogP contribution in [0.15, 0.2) is 6.20 Å².